The zero-order chi connectivity index (χ0) is 12.3. The van der Waals surface area contributed by atoms with E-state index in [1.54, 1.807) is 0 Å². The van der Waals surface area contributed by atoms with Gasteiger partial charge in [-0.25, -0.2) is 0 Å². The summed E-state index contributed by atoms with van der Waals surface area (Å²) in [5.74, 6) is 0. The summed E-state index contributed by atoms with van der Waals surface area (Å²) < 4.78 is 0. The highest BCUT2D eigenvalue weighted by Crippen LogP contribution is 2.28. The Morgan fingerprint density at radius 1 is 1.12 bits per heavy atom. The second kappa shape index (κ2) is 5.41. The SMILES string of the molecule is CN(C)c1ccccc1NC1CCC(O)CC1. The van der Waals surface area contributed by atoms with Crippen molar-refractivity contribution in [2.45, 2.75) is 37.8 Å². The first kappa shape index (κ1) is 12.2. The highest BCUT2D eigenvalue weighted by Gasteiger charge is 2.19. The van der Waals surface area contributed by atoms with Crippen LogP contribution in [0.25, 0.3) is 0 Å². The minimum atomic E-state index is -0.0860. The zero-order valence-corrected chi connectivity index (χ0v) is 10.7. The van der Waals surface area contributed by atoms with Gasteiger partial charge in [-0.05, 0) is 37.8 Å². The minimum absolute atomic E-state index is 0.0860. The molecule has 0 atom stereocenters. The van der Waals surface area contributed by atoms with Crippen LogP contribution >= 0.6 is 0 Å². The maximum atomic E-state index is 9.50. The molecule has 1 aliphatic rings. The molecule has 0 radical (unpaired) electrons. The second-order valence-electron chi connectivity index (χ2n) is 5.06. The molecule has 94 valence electrons. The van der Waals surface area contributed by atoms with E-state index in [4.69, 9.17) is 0 Å². The first-order valence-electron chi connectivity index (χ1n) is 6.38. The van der Waals surface area contributed by atoms with Crippen molar-refractivity contribution in [1.29, 1.82) is 0 Å². The summed E-state index contributed by atoms with van der Waals surface area (Å²) in [6.07, 6.45) is 3.87. The third-order valence-electron chi connectivity index (χ3n) is 3.44. The summed E-state index contributed by atoms with van der Waals surface area (Å²) in [5.41, 5.74) is 2.41. The predicted octanol–water partition coefficient (Wildman–Crippen LogP) is 2.47. The van der Waals surface area contributed by atoms with Gasteiger partial charge in [0.1, 0.15) is 0 Å². The number of aliphatic hydroxyl groups excluding tert-OH is 1. The average Bonchev–Trinajstić information content (AvgIpc) is 2.32. The summed E-state index contributed by atoms with van der Waals surface area (Å²) in [6.45, 7) is 0. The van der Waals surface area contributed by atoms with Gasteiger partial charge in [0.2, 0.25) is 0 Å². The summed E-state index contributed by atoms with van der Waals surface area (Å²) in [4.78, 5) is 2.13. The van der Waals surface area contributed by atoms with Crippen LogP contribution < -0.4 is 10.2 Å². The van der Waals surface area contributed by atoms with Gasteiger partial charge in [-0.2, -0.15) is 0 Å². The molecule has 3 heteroatoms. The van der Waals surface area contributed by atoms with E-state index in [-0.39, 0.29) is 6.10 Å². The van der Waals surface area contributed by atoms with Gasteiger partial charge < -0.3 is 15.3 Å². The van der Waals surface area contributed by atoms with E-state index in [1.165, 1.54) is 11.4 Å². The van der Waals surface area contributed by atoms with Crippen LogP contribution in [0.5, 0.6) is 0 Å². The third kappa shape index (κ3) is 3.13. The first-order chi connectivity index (χ1) is 8.16. The molecule has 1 aromatic rings. The van der Waals surface area contributed by atoms with Gasteiger partial charge in [0.05, 0.1) is 17.5 Å². The number of aliphatic hydroxyl groups is 1. The van der Waals surface area contributed by atoms with Gasteiger partial charge in [0.25, 0.3) is 0 Å². The van der Waals surface area contributed by atoms with E-state index in [2.05, 4.69) is 48.6 Å². The lowest BCUT2D eigenvalue weighted by atomic mass is 9.93. The Kier molecular flexibility index (Phi) is 3.89. The van der Waals surface area contributed by atoms with Gasteiger partial charge in [-0.15, -0.1) is 0 Å². The Bertz CT molecular complexity index is 357. The molecule has 2 N–H and O–H groups in total. The predicted molar refractivity (Wildman–Crippen MR) is 72.7 cm³/mol. The molecule has 0 aromatic heterocycles. The van der Waals surface area contributed by atoms with E-state index in [1.807, 2.05) is 0 Å². The average molecular weight is 234 g/mol. The molecule has 1 aromatic carbocycles. The highest BCUT2D eigenvalue weighted by atomic mass is 16.3. The third-order valence-corrected chi connectivity index (χ3v) is 3.44. The van der Waals surface area contributed by atoms with Crippen molar-refractivity contribution in [3.8, 4) is 0 Å². The lowest BCUT2D eigenvalue weighted by Crippen LogP contribution is -2.28. The molecule has 0 aliphatic heterocycles. The Morgan fingerprint density at radius 2 is 1.76 bits per heavy atom. The van der Waals surface area contributed by atoms with Gasteiger partial charge in [0.15, 0.2) is 0 Å². The van der Waals surface area contributed by atoms with Crippen LogP contribution in [0, 0.1) is 0 Å². The molecule has 2 rings (SSSR count). The smallest absolute Gasteiger partial charge is 0.0596 e. The number of anilines is 2. The number of para-hydroxylation sites is 2. The number of rotatable bonds is 3. The Balaban J connectivity index is 2.03. The molecule has 1 fully saturated rings. The maximum absolute atomic E-state index is 9.50. The van der Waals surface area contributed by atoms with E-state index >= 15 is 0 Å². The number of hydrogen-bond acceptors (Lipinski definition) is 3. The molecule has 0 saturated heterocycles. The number of nitrogens with one attached hydrogen (secondary N) is 1. The topological polar surface area (TPSA) is 35.5 Å². The second-order valence-corrected chi connectivity index (χ2v) is 5.06. The van der Waals surface area contributed by atoms with Gasteiger partial charge in [-0.1, -0.05) is 12.1 Å². The van der Waals surface area contributed by atoms with Crippen molar-refractivity contribution in [2.24, 2.45) is 0 Å². The van der Waals surface area contributed by atoms with Crippen LogP contribution in [0.1, 0.15) is 25.7 Å². The Hall–Kier alpha value is -1.22. The largest absolute Gasteiger partial charge is 0.393 e. The standard InChI is InChI=1S/C14H22N2O/c1-16(2)14-6-4-3-5-13(14)15-11-7-9-12(17)10-8-11/h3-6,11-12,15,17H,7-10H2,1-2H3. The fourth-order valence-electron chi connectivity index (χ4n) is 2.43. The number of hydrogen-bond donors (Lipinski definition) is 2. The van der Waals surface area contributed by atoms with E-state index in [0.717, 1.165) is 25.7 Å². The molecule has 17 heavy (non-hydrogen) atoms. The highest BCUT2D eigenvalue weighted by molar-refractivity contribution is 5.69. The first-order valence-corrected chi connectivity index (χ1v) is 6.38. The van der Waals surface area contributed by atoms with Crippen molar-refractivity contribution >= 4 is 11.4 Å². The summed E-state index contributed by atoms with van der Waals surface area (Å²) in [7, 11) is 4.12. The molecule has 3 nitrogen and oxygen atoms in total. The molecule has 0 bridgehead atoms. The van der Waals surface area contributed by atoms with Crippen molar-refractivity contribution in [1.82, 2.24) is 0 Å². The van der Waals surface area contributed by atoms with Gasteiger partial charge in [0, 0.05) is 20.1 Å². The van der Waals surface area contributed by atoms with Crippen LogP contribution in [0.3, 0.4) is 0 Å². The zero-order valence-electron chi connectivity index (χ0n) is 10.7. The van der Waals surface area contributed by atoms with Crippen molar-refractivity contribution in [3.05, 3.63) is 24.3 Å². The molecule has 0 amide bonds. The van der Waals surface area contributed by atoms with Gasteiger partial charge >= 0.3 is 0 Å². The van der Waals surface area contributed by atoms with Gasteiger partial charge in [-0.3, -0.25) is 0 Å². The van der Waals surface area contributed by atoms with Crippen LogP contribution in [-0.4, -0.2) is 31.3 Å². The van der Waals surface area contributed by atoms with Crippen LogP contribution in [0.4, 0.5) is 11.4 Å². The van der Waals surface area contributed by atoms with Crippen LogP contribution in [0.2, 0.25) is 0 Å². The minimum Gasteiger partial charge on any atom is -0.393 e. The summed E-state index contributed by atoms with van der Waals surface area (Å²) >= 11 is 0. The Labute approximate surface area is 103 Å². The van der Waals surface area contributed by atoms with Crippen molar-refractivity contribution in [2.75, 3.05) is 24.3 Å². The molecular formula is C14H22N2O. The fraction of sp³-hybridized carbons (Fsp3) is 0.571. The maximum Gasteiger partial charge on any atom is 0.0596 e. The summed E-state index contributed by atoms with van der Waals surface area (Å²) in [5, 5.41) is 13.1. The quantitative estimate of drug-likeness (QED) is 0.843. The number of benzene rings is 1. The lowest BCUT2D eigenvalue weighted by Gasteiger charge is -2.29. The van der Waals surface area contributed by atoms with E-state index in [9.17, 15) is 5.11 Å². The molecule has 0 unspecified atom stereocenters. The normalized spacial score (nSPS) is 24.4. The fourth-order valence-corrected chi connectivity index (χ4v) is 2.43. The van der Waals surface area contributed by atoms with Crippen molar-refractivity contribution in [3.63, 3.8) is 0 Å². The summed E-state index contributed by atoms with van der Waals surface area (Å²) in [6, 6.07) is 8.87. The molecule has 0 heterocycles. The molecular weight excluding hydrogens is 212 g/mol. The monoisotopic (exact) mass is 234 g/mol. The van der Waals surface area contributed by atoms with E-state index in [0.29, 0.717) is 6.04 Å². The molecule has 0 spiro atoms. The Morgan fingerprint density at radius 3 is 2.41 bits per heavy atom. The number of nitrogens with zero attached hydrogens (tertiary/aromatic N) is 1. The molecule has 1 saturated carbocycles. The molecule has 1 aliphatic carbocycles. The van der Waals surface area contributed by atoms with Crippen molar-refractivity contribution < 1.29 is 5.11 Å². The van der Waals surface area contributed by atoms with Crippen LogP contribution in [0.15, 0.2) is 24.3 Å². The lowest BCUT2D eigenvalue weighted by molar-refractivity contribution is 0.126. The van der Waals surface area contributed by atoms with Crippen LogP contribution in [-0.2, 0) is 0 Å². The van der Waals surface area contributed by atoms with E-state index < -0.39 is 0 Å².